The highest BCUT2D eigenvalue weighted by Crippen LogP contribution is 2.33. The van der Waals surface area contributed by atoms with Crippen LogP contribution < -0.4 is 10.9 Å². The van der Waals surface area contributed by atoms with Gasteiger partial charge in [0.2, 0.25) is 0 Å². The predicted octanol–water partition coefficient (Wildman–Crippen LogP) is 4.55. The van der Waals surface area contributed by atoms with Gasteiger partial charge >= 0.3 is 0 Å². The van der Waals surface area contributed by atoms with E-state index in [-0.39, 0.29) is 29.2 Å². The molecule has 2 N–H and O–H groups in total. The minimum absolute atomic E-state index is 0.215. The summed E-state index contributed by atoms with van der Waals surface area (Å²) in [6.45, 7) is 6.82. The molecule has 3 aromatic rings. The Labute approximate surface area is 181 Å². The SMILES string of the molecule is COCc1cc(C(=O)NCc2ccc(F)cc2)c(-c2ccc[nH]c2=O)cc1C(C)(C)C. The molecular weight excluding hydrogens is 395 g/mol. The lowest BCUT2D eigenvalue weighted by molar-refractivity contribution is 0.0951. The summed E-state index contributed by atoms with van der Waals surface area (Å²) in [5.74, 6) is -0.650. The highest BCUT2D eigenvalue weighted by molar-refractivity contribution is 6.01. The minimum atomic E-state index is -0.331. The monoisotopic (exact) mass is 422 g/mol. The summed E-state index contributed by atoms with van der Waals surface area (Å²) in [5, 5.41) is 2.88. The molecule has 162 valence electrons. The van der Waals surface area contributed by atoms with Gasteiger partial charge in [0, 0.05) is 36.5 Å². The standard InChI is InChI=1S/C25H27FN2O3/c1-25(2,3)22-13-20(19-6-5-11-27-23(19)29)21(12-17(22)15-31-4)24(30)28-14-16-7-9-18(26)10-8-16/h5-13H,14-15H2,1-4H3,(H,27,29)(H,28,30). The van der Waals surface area contributed by atoms with Crippen LogP contribution in [0.4, 0.5) is 4.39 Å². The number of carbonyl (C=O) groups excluding carboxylic acids is 1. The number of methoxy groups -OCH3 is 1. The Morgan fingerprint density at radius 1 is 1.10 bits per heavy atom. The molecule has 0 atom stereocenters. The number of carbonyl (C=O) groups is 1. The molecule has 0 aliphatic rings. The van der Waals surface area contributed by atoms with Gasteiger partial charge in [-0.1, -0.05) is 32.9 Å². The summed E-state index contributed by atoms with van der Waals surface area (Å²) < 4.78 is 18.5. The Bertz CT molecular complexity index is 1130. The zero-order valence-corrected chi connectivity index (χ0v) is 18.2. The molecule has 0 bridgehead atoms. The van der Waals surface area contributed by atoms with Crippen LogP contribution >= 0.6 is 0 Å². The summed E-state index contributed by atoms with van der Waals surface area (Å²) in [4.78, 5) is 28.4. The molecule has 5 nitrogen and oxygen atoms in total. The fourth-order valence-electron chi connectivity index (χ4n) is 3.54. The lowest BCUT2D eigenvalue weighted by atomic mass is 9.80. The first kappa shape index (κ1) is 22.4. The van der Waals surface area contributed by atoms with E-state index in [0.29, 0.717) is 23.3 Å². The van der Waals surface area contributed by atoms with Crippen molar-refractivity contribution in [2.75, 3.05) is 7.11 Å². The largest absolute Gasteiger partial charge is 0.380 e. The van der Waals surface area contributed by atoms with Gasteiger partial charge in [0.05, 0.1) is 6.61 Å². The van der Waals surface area contributed by atoms with Crippen molar-refractivity contribution < 1.29 is 13.9 Å². The summed E-state index contributed by atoms with van der Waals surface area (Å²) in [6.07, 6.45) is 1.56. The van der Waals surface area contributed by atoms with Crippen LogP contribution in [0.25, 0.3) is 11.1 Å². The van der Waals surface area contributed by atoms with Crippen molar-refractivity contribution in [1.82, 2.24) is 10.3 Å². The highest BCUT2D eigenvalue weighted by atomic mass is 19.1. The number of H-pyrrole nitrogens is 1. The maximum absolute atomic E-state index is 13.2. The van der Waals surface area contributed by atoms with Crippen molar-refractivity contribution in [3.8, 4) is 11.1 Å². The first-order chi connectivity index (χ1) is 14.7. The summed E-state index contributed by atoms with van der Waals surface area (Å²) in [5.41, 5.74) is 3.55. The van der Waals surface area contributed by atoms with Crippen molar-refractivity contribution >= 4 is 5.91 Å². The van der Waals surface area contributed by atoms with Gasteiger partial charge in [-0.3, -0.25) is 9.59 Å². The maximum Gasteiger partial charge on any atom is 0.255 e. The number of ether oxygens (including phenoxy) is 1. The molecular formula is C25H27FN2O3. The fraction of sp³-hybridized carbons (Fsp3) is 0.280. The second-order valence-electron chi connectivity index (χ2n) is 8.46. The Balaban J connectivity index is 2.08. The molecule has 0 unspecified atom stereocenters. The molecule has 0 fully saturated rings. The third-order valence-electron chi connectivity index (χ3n) is 5.07. The average molecular weight is 423 g/mol. The van der Waals surface area contributed by atoms with Crippen LogP contribution in [0.1, 0.15) is 47.8 Å². The second kappa shape index (κ2) is 9.27. The molecule has 0 saturated heterocycles. The van der Waals surface area contributed by atoms with Crippen molar-refractivity contribution in [3.63, 3.8) is 0 Å². The van der Waals surface area contributed by atoms with Crippen molar-refractivity contribution in [3.05, 3.63) is 93.2 Å². The normalized spacial score (nSPS) is 11.4. The molecule has 3 rings (SSSR count). The van der Waals surface area contributed by atoms with Crippen LogP contribution in [0.5, 0.6) is 0 Å². The lowest BCUT2D eigenvalue weighted by Crippen LogP contribution is -2.25. The molecule has 31 heavy (non-hydrogen) atoms. The number of nitrogens with one attached hydrogen (secondary N) is 2. The van der Waals surface area contributed by atoms with Crippen molar-refractivity contribution in [2.24, 2.45) is 0 Å². The van der Waals surface area contributed by atoms with E-state index in [0.717, 1.165) is 16.7 Å². The molecule has 0 radical (unpaired) electrons. The van der Waals surface area contributed by atoms with Gasteiger partial charge in [-0.2, -0.15) is 0 Å². The number of amides is 1. The Hall–Kier alpha value is -3.25. The summed E-state index contributed by atoms with van der Waals surface area (Å²) in [7, 11) is 1.61. The number of hydrogen-bond acceptors (Lipinski definition) is 3. The van der Waals surface area contributed by atoms with E-state index >= 15 is 0 Å². The van der Waals surface area contributed by atoms with Crippen LogP contribution in [-0.2, 0) is 23.3 Å². The predicted molar refractivity (Wildman–Crippen MR) is 119 cm³/mol. The minimum Gasteiger partial charge on any atom is -0.380 e. The van der Waals surface area contributed by atoms with Crippen LogP contribution in [0.3, 0.4) is 0 Å². The topological polar surface area (TPSA) is 71.2 Å². The van der Waals surface area contributed by atoms with Gasteiger partial charge in [0.1, 0.15) is 5.82 Å². The van der Waals surface area contributed by atoms with Crippen molar-refractivity contribution in [2.45, 2.75) is 39.3 Å². The number of hydrogen-bond donors (Lipinski definition) is 2. The molecule has 1 heterocycles. The maximum atomic E-state index is 13.2. The Kier molecular flexibility index (Phi) is 6.71. The first-order valence-electron chi connectivity index (χ1n) is 10.1. The van der Waals surface area contributed by atoms with Gasteiger partial charge in [0.25, 0.3) is 11.5 Å². The molecule has 1 amide bonds. The zero-order valence-electron chi connectivity index (χ0n) is 18.2. The first-order valence-corrected chi connectivity index (χ1v) is 10.1. The molecule has 6 heteroatoms. The van der Waals surface area contributed by atoms with E-state index < -0.39 is 0 Å². The molecule has 0 aliphatic heterocycles. The van der Waals surface area contributed by atoms with Gasteiger partial charge in [0.15, 0.2) is 0 Å². The van der Waals surface area contributed by atoms with E-state index in [1.54, 1.807) is 43.6 Å². The highest BCUT2D eigenvalue weighted by Gasteiger charge is 2.24. The van der Waals surface area contributed by atoms with Crippen molar-refractivity contribution in [1.29, 1.82) is 0 Å². The number of benzene rings is 2. The van der Waals surface area contributed by atoms with Gasteiger partial charge < -0.3 is 15.0 Å². The number of aromatic amines is 1. The van der Waals surface area contributed by atoms with E-state index in [1.807, 2.05) is 6.07 Å². The van der Waals surface area contributed by atoms with Crippen LogP contribution in [-0.4, -0.2) is 18.0 Å². The number of rotatable bonds is 6. The second-order valence-corrected chi connectivity index (χ2v) is 8.46. The molecule has 2 aromatic carbocycles. The summed E-state index contributed by atoms with van der Waals surface area (Å²) >= 11 is 0. The van der Waals surface area contributed by atoms with Gasteiger partial charge in [-0.15, -0.1) is 0 Å². The van der Waals surface area contributed by atoms with Gasteiger partial charge in [-0.25, -0.2) is 4.39 Å². The third kappa shape index (κ3) is 5.27. The molecule has 0 aliphatic carbocycles. The Morgan fingerprint density at radius 3 is 2.42 bits per heavy atom. The molecule has 0 saturated carbocycles. The third-order valence-corrected chi connectivity index (χ3v) is 5.07. The van der Waals surface area contributed by atoms with E-state index in [9.17, 15) is 14.0 Å². The quantitative estimate of drug-likeness (QED) is 0.612. The smallest absolute Gasteiger partial charge is 0.255 e. The van der Waals surface area contributed by atoms with E-state index in [1.165, 1.54) is 12.1 Å². The lowest BCUT2D eigenvalue weighted by Gasteiger charge is -2.25. The molecule has 0 spiro atoms. The van der Waals surface area contributed by atoms with E-state index in [4.69, 9.17) is 4.74 Å². The fourth-order valence-corrected chi connectivity index (χ4v) is 3.54. The van der Waals surface area contributed by atoms with Crippen LogP contribution in [0, 0.1) is 5.82 Å². The molecule has 1 aromatic heterocycles. The van der Waals surface area contributed by atoms with E-state index in [2.05, 4.69) is 31.1 Å². The average Bonchev–Trinajstić information content (AvgIpc) is 2.73. The Morgan fingerprint density at radius 2 is 1.81 bits per heavy atom. The van der Waals surface area contributed by atoms with Gasteiger partial charge in [-0.05, 0) is 58.5 Å². The zero-order chi connectivity index (χ0) is 22.6. The number of pyridine rings is 1. The number of halogens is 1. The summed E-state index contributed by atoms with van der Waals surface area (Å²) in [6, 6.07) is 13.1. The number of aromatic nitrogens is 1. The van der Waals surface area contributed by atoms with Crippen LogP contribution in [0.2, 0.25) is 0 Å². The van der Waals surface area contributed by atoms with Crippen LogP contribution in [0.15, 0.2) is 59.5 Å².